The lowest BCUT2D eigenvalue weighted by molar-refractivity contribution is 0.0123. The molecule has 0 aliphatic carbocycles. The number of carbonyl (C=O) groups is 1. The summed E-state index contributed by atoms with van der Waals surface area (Å²) in [5, 5.41) is 40.3. The number of aromatic hydroxyl groups is 2. The number of rotatable bonds is 4. The third-order valence-electron chi connectivity index (χ3n) is 9.95. The largest absolute Gasteiger partial charge is 0.507 e. The molecule has 8 rings (SSSR count). The van der Waals surface area contributed by atoms with E-state index in [2.05, 4.69) is 35.5 Å². The van der Waals surface area contributed by atoms with Gasteiger partial charge < -0.3 is 41.5 Å². The second-order valence-corrected chi connectivity index (χ2v) is 14.8. The first-order chi connectivity index (χ1) is 24.4. The Labute approximate surface area is 311 Å². The minimum Gasteiger partial charge on any atom is -0.507 e. The molecule has 4 aromatic rings. The molecule has 4 bridgehead atoms. The number of benzene rings is 2. The molecule has 1 amide bonds. The fourth-order valence-corrected chi connectivity index (χ4v) is 7.64. The van der Waals surface area contributed by atoms with Gasteiger partial charge in [-0.2, -0.15) is 0 Å². The number of piperazine rings is 2. The molecule has 2 aromatic heterocycles. The van der Waals surface area contributed by atoms with E-state index in [1.165, 1.54) is 12.8 Å². The summed E-state index contributed by atoms with van der Waals surface area (Å²) >= 11 is 0. The van der Waals surface area contributed by atoms with Crippen molar-refractivity contribution >= 4 is 41.5 Å². The molecule has 4 saturated heterocycles. The zero-order valence-corrected chi connectivity index (χ0v) is 30.5. The molecule has 2 aromatic carbocycles. The number of nitrogen functional groups attached to an aromatic ring is 2. The van der Waals surface area contributed by atoms with E-state index in [1.54, 1.807) is 30.3 Å². The Kier molecular flexibility index (Phi) is 10.5. The molecule has 4 unspecified atom stereocenters. The van der Waals surface area contributed by atoms with Crippen LogP contribution >= 0.6 is 12.4 Å². The summed E-state index contributed by atoms with van der Waals surface area (Å²) in [7, 11) is 0. The van der Waals surface area contributed by atoms with Gasteiger partial charge in [0.2, 0.25) is 0 Å². The standard InChI is InChI=1S/C21H27N5O3.C16H19N5O.ClH.H2/c1-21(2,3)29-20(28)26-13-8-9-14(26)12-25(11-13)17-10-16(23-24-19(17)22)15-6-4-5-7-18(15)27;17-16-14(21-8-10-5-6-11(9-21)18-10)7-13(19-20-16)12-3-1-2-4-15(12)22;;/h4-7,10,13-14,27H,8-9,11-12H2,1-3H3,(H2,22,24);1-4,7,10-11,18,22H,5-6,8-9H2,(H2,17,20);2*1H. The zero-order chi connectivity index (χ0) is 35.9. The summed E-state index contributed by atoms with van der Waals surface area (Å²) in [4.78, 5) is 19.0. The Morgan fingerprint density at radius 1 is 0.750 bits per heavy atom. The summed E-state index contributed by atoms with van der Waals surface area (Å²) in [5.74, 6) is 1.13. The zero-order valence-electron chi connectivity index (χ0n) is 29.6. The van der Waals surface area contributed by atoms with Crippen LogP contribution in [0.3, 0.4) is 0 Å². The van der Waals surface area contributed by atoms with Gasteiger partial charge in [0.05, 0.1) is 34.8 Å². The second kappa shape index (κ2) is 14.9. The maximum Gasteiger partial charge on any atom is 0.410 e. The number of phenols is 2. The van der Waals surface area contributed by atoms with Crippen molar-refractivity contribution in [3.05, 3.63) is 60.7 Å². The Hall–Kier alpha value is -5.08. The van der Waals surface area contributed by atoms with Crippen LogP contribution in [0, 0.1) is 0 Å². The number of fused-ring (bicyclic) bond motifs is 4. The number of nitrogens with one attached hydrogen (secondary N) is 1. The summed E-state index contributed by atoms with van der Waals surface area (Å²) < 4.78 is 5.61. The molecule has 0 radical (unpaired) electrons. The number of phenolic OH excluding ortho intramolecular Hbond substituents is 2. The highest BCUT2D eigenvalue weighted by Gasteiger charge is 2.45. The maximum atomic E-state index is 12.7. The molecule has 7 N–H and O–H groups in total. The van der Waals surface area contributed by atoms with Gasteiger partial charge in [0.25, 0.3) is 0 Å². The van der Waals surface area contributed by atoms with Crippen molar-refractivity contribution in [2.75, 3.05) is 47.4 Å². The third-order valence-corrected chi connectivity index (χ3v) is 9.95. The highest BCUT2D eigenvalue weighted by Crippen LogP contribution is 2.38. The number of carbonyl (C=O) groups excluding carboxylic acids is 1. The highest BCUT2D eigenvalue weighted by atomic mass is 35.5. The number of nitrogens with zero attached hydrogens (tertiary/aromatic N) is 7. The van der Waals surface area contributed by atoms with Crippen molar-refractivity contribution in [1.29, 1.82) is 0 Å². The van der Waals surface area contributed by atoms with Crippen LogP contribution in [0.2, 0.25) is 0 Å². The number of amides is 1. The first-order valence-corrected chi connectivity index (χ1v) is 17.5. The Morgan fingerprint density at radius 2 is 1.19 bits per heavy atom. The number of nitrogens with two attached hydrogens (primary N) is 2. The van der Waals surface area contributed by atoms with Crippen molar-refractivity contribution in [3.8, 4) is 34.0 Å². The molecule has 278 valence electrons. The summed E-state index contributed by atoms with van der Waals surface area (Å²) in [6, 6.07) is 19.2. The topological polar surface area (TPSA) is 192 Å². The average molecular weight is 733 g/mol. The van der Waals surface area contributed by atoms with Gasteiger partial charge in [-0.1, -0.05) is 24.3 Å². The van der Waals surface area contributed by atoms with E-state index in [0.717, 1.165) is 37.3 Å². The van der Waals surface area contributed by atoms with Crippen LogP contribution in [0.5, 0.6) is 11.5 Å². The number of para-hydroxylation sites is 2. The van der Waals surface area contributed by atoms with Crippen LogP contribution in [-0.2, 0) is 4.74 Å². The minimum atomic E-state index is -0.514. The van der Waals surface area contributed by atoms with E-state index in [9.17, 15) is 15.0 Å². The van der Waals surface area contributed by atoms with E-state index in [-0.39, 0.29) is 43.5 Å². The number of anilines is 4. The fraction of sp³-hybridized carbons (Fsp3) is 0.432. The molecule has 4 aliphatic heterocycles. The quantitative estimate of drug-likeness (QED) is 0.187. The molecule has 0 saturated carbocycles. The smallest absolute Gasteiger partial charge is 0.410 e. The molecule has 15 heteroatoms. The molecule has 14 nitrogen and oxygen atoms in total. The van der Waals surface area contributed by atoms with Gasteiger partial charge in [0, 0.05) is 50.8 Å². The molecule has 0 spiro atoms. The lowest BCUT2D eigenvalue weighted by Crippen LogP contribution is -2.57. The molecule has 4 aliphatic rings. The van der Waals surface area contributed by atoms with E-state index < -0.39 is 5.60 Å². The van der Waals surface area contributed by atoms with Crippen molar-refractivity contribution in [2.24, 2.45) is 0 Å². The van der Waals surface area contributed by atoms with Gasteiger partial charge in [0.1, 0.15) is 17.1 Å². The third kappa shape index (κ3) is 7.72. The second-order valence-electron chi connectivity index (χ2n) is 14.8. The predicted molar refractivity (Wildman–Crippen MR) is 206 cm³/mol. The molecule has 52 heavy (non-hydrogen) atoms. The number of hydrogen-bond donors (Lipinski definition) is 5. The number of hydrogen-bond acceptors (Lipinski definition) is 13. The van der Waals surface area contributed by atoms with Crippen LogP contribution < -0.4 is 26.6 Å². The summed E-state index contributed by atoms with van der Waals surface area (Å²) in [6.45, 7) is 8.84. The summed E-state index contributed by atoms with van der Waals surface area (Å²) in [5.41, 5.74) is 15.9. The van der Waals surface area contributed by atoms with Crippen LogP contribution in [0.1, 0.15) is 47.9 Å². The van der Waals surface area contributed by atoms with Gasteiger partial charge in [-0.3, -0.25) is 4.90 Å². The predicted octanol–water partition coefficient (Wildman–Crippen LogP) is 5.06. The van der Waals surface area contributed by atoms with Crippen molar-refractivity contribution < 1.29 is 21.2 Å². The number of halogens is 1. The first-order valence-electron chi connectivity index (χ1n) is 17.5. The number of aromatic nitrogens is 4. The molecule has 6 heterocycles. The van der Waals surface area contributed by atoms with E-state index >= 15 is 0 Å². The monoisotopic (exact) mass is 732 g/mol. The minimum absolute atomic E-state index is 0. The Balaban J connectivity index is 0.000000203. The van der Waals surface area contributed by atoms with E-state index in [4.69, 9.17) is 16.2 Å². The highest BCUT2D eigenvalue weighted by molar-refractivity contribution is 5.85. The molecule has 4 atom stereocenters. The summed E-state index contributed by atoms with van der Waals surface area (Å²) in [6.07, 6.45) is 4.05. The number of ether oxygens (including phenoxy) is 1. The molecular weight excluding hydrogens is 684 g/mol. The Morgan fingerprint density at radius 3 is 1.63 bits per heavy atom. The molecular formula is C37H49ClN10O4. The van der Waals surface area contributed by atoms with Gasteiger partial charge >= 0.3 is 6.09 Å². The lowest BCUT2D eigenvalue weighted by Gasteiger charge is -2.42. The normalized spacial score (nSPS) is 21.9. The van der Waals surface area contributed by atoms with Crippen molar-refractivity contribution in [1.82, 2.24) is 30.6 Å². The van der Waals surface area contributed by atoms with Gasteiger partial charge in [-0.05, 0) is 82.9 Å². The SMILES string of the molecule is CC(C)(C)OC(=O)N1C2CCC1CN(c1cc(-c3ccccc3O)nnc1N)C2.Cl.Nc1nnc(-c2ccccc2O)cc1N1CC2CCC(C1)N2.[HH]. The van der Waals surface area contributed by atoms with Crippen LogP contribution in [-0.4, -0.2) is 97.5 Å². The van der Waals surface area contributed by atoms with Gasteiger partial charge in [-0.25, -0.2) is 4.79 Å². The fourth-order valence-electron chi connectivity index (χ4n) is 7.64. The Bertz CT molecular complexity index is 1890. The van der Waals surface area contributed by atoms with Crippen molar-refractivity contribution in [3.63, 3.8) is 0 Å². The molecule has 4 fully saturated rings. The first kappa shape index (κ1) is 36.7. The average Bonchev–Trinajstić information content (AvgIpc) is 3.58. The van der Waals surface area contributed by atoms with Crippen molar-refractivity contribution in [2.45, 2.75) is 76.2 Å². The van der Waals surface area contributed by atoms with Crippen LogP contribution in [0.25, 0.3) is 22.5 Å². The van der Waals surface area contributed by atoms with Crippen LogP contribution in [0.4, 0.5) is 27.8 Å². The van der Waals surface area contributed by atoms with Gasteiger partial charge in [-0.15, -0.1) is 32.8 Å². The lowest BCUT2D eigenvalue weighted by atomic mass is 10.1. The maximum absolute atomic E-state index is 12.7. The van der Waals surface area contributed by atoms with E-state index in [0.29, 0.717) is 59.3 Å². The van der Waals surface area contributed by atoms with Crippen LogP contribution in [0.15, 0.2) is 60.7 Å². The van der Waals surface area contributed by atoms with E-state index in [1.807, 2.05) is 56.0 Å². The van der Waals surface area contributed by atoms with Gasteiger partial charge in [0.15, 0.2) is 11.6 Å².